The molecule has 0 unspecified atom stereocenters. The van der Waals surface area contributed by atoms with Crippen molar-refractivity contribution in [3.63, 3.8) is 0 Å². The summed E-state index contributed by atoms with van der Waals surface area (Å²) < 4.78 is 7.12. The quantitative estimate of drug-likeness (QED) is 0.187. The van der Waals surface area contributed by atoms with Crippen molar-refractivity contribution < 1.29 is 4.79 Å². The summed E-state index contributed by atoms with van der Waals surface area (Å²) in [4.78, 5) is 15.9. The Labute approximate surface area is 180 Å². The molecule has 0 spiro atoms. The van der Waals surface area contributed by atoms with Crippen LogP contribution in [0, 0.1) is 0 Å². The van der Waals surface area contributed by atoms with Crippen LogP contribution in [-0.4, -0.2) is 41.8 Å². The SMILES string of the molecule is CCC[CH2][Sn](/[CH]=C1/CCCCCN(C(CC)CC)C1=O)([CH2]CCC)[CH2]CCC. The van der Waals surface area contributed by atoms with Gasteiger partial charge < -0.3 is 0 Å². The van der Waals surface area contributed by atoms with Crippen LogP contribution in [0.25, 0.3) is 0 Å². The Morgan fingerprint density at radius 1 is 0.857 bits per heavy atom. The second-order valence-electron chi connectivity index (χ2n) is 9.12. The minimum atomic E-state index is -2.42. The van der Waals surface area contributed by atoms with Gasteiger partial charge in [0.15, 0.2) is 0 Å². The third kappa shape index (κ3) is 8.40. The van der Waals surface area contributed by atoms with Crippen molar-refractivity contribution >= 4 is 24.3 Å². The van der Waals surface area contributed by atoms with E-state index in [-0.39, 0.29) is 0 Å². The van der Waals surface area contributed by atoms with E-state index >= 15 is 0 Å². The van der Waals surface area contributed by atoms with E-state index < -0.39 is 18.4 Å². The van der Waals surface area contributed by atoms with Crippen LogP contribution in [0.15, 0.2) is 9.67 Å². The first-order chi connectivity index (χ1) is 13.6. The molecule has 0 N–H and O–H groups in total. The van der Waals surface area contributed by atoms with Gasteiger partial charge in [0.1, 0.15) is 0 Å². The van der Waals surface area contributed by atoms with Gasteiger partial charge in [-0.25, -0.2) is 0 Å². The summed E-state index contributed by atoms with van der Waals surface area (Å²) in [7, 11) is 0. The minimum absolute atomic E-state index is 0.416. The molecule has 0 aromatic rings. The van der Waals surface area contributed by atoms with E-state index in [1.165, 1.54) is 76.7 Å². The first-order valence-corrected chi connectivity index (χ1v) is 20.3. The molecule has 1 fully saturated rings. The van der Waals surface area contributed by atoms with Crippen LogP contribution in [0.4, 0.5) is 0 Å². The topological polar surface area (TPSA) is 20.3 Å². The molecule has 1 rings (SSSR count). The van der Waals surface area contributed by atoms with E-state index in [1.807, 2.05) is 0 Å². The second-order valence-corrected chi connectivity index (χ2v) is 22.0. The van der Waals surface area contributed by atoms with Crippen LogP contribution in [-0.2, 0) is 4.79 Å². The number of likely N-dealkylation sites (tertiary alicyclic amines) is 1. The summed E-state index contributed by atoms with van der Waals surface area (Å²) in [5, 5.41) is 0. The molecule has 0 aliphatic carbocycles. The van der Waals surface area contributed by atoms with Crippen molar-refractivity contribution in [2.75, 3.05) is 6.54 Å². The van der Waals surface area contributed by atoms with Crippen molar-refractivity contribution in [2.24, 2.45) is 0 Å². The predicted molar refractivity (Wildman–Crippen MR) is 128 cm³/mol. The van der Waals surface area contributed by atoms with Gasteiger partial charge in [-0.15, -0.1) is 0 Å². The second kappa shape index (κ2) is 14.9. The van der Waals surface area contributed by atoms with Gasteiger partial charge in [-0.2, -0.15) is 0 Å². The molecule has 0 atom stereocenters. The number of amides is 1. The Balaban J connectivity index is 3.24. The fourth-order valence-corrected chi connectivity index (χ4v) is 20.2. The van der Waals surface area contributed by atoms with Crippen LogP contribution >= 0.6 is 0 Å². The van der Waals surface area contributed by atoms with E-state index in [9.17, 15) is 4.79 Å². The van der Waals surface area contributed by atoms with Gasteiger partial charge in [-0.05, 0) is 0 Å². The van der Waals surface area contributed by atoms with E-state index in [1.54, 1.807) is 0 Å². The van der Waals surface area contributed by atoms with Gasteiger partial charge >= 0.3 is 181 Å². The van der Waals surface area contributed by atoms with Crippen molar-refractivity contribution in [3.8, 4) is 0 Å². The predicted octanol–water partition coefficient (Wildman–Crippen LogP) is 7.89. The van der Waals surface area contributed by atoms with Crippen molar-refractivity contribution in [1.82, 2.24) is 4.90 Å². The maximum absolute atomic E-state index is 13.6. The van der Waals surface area contributed by atoms with Crippen LogP contribution in [0.1, 0.15) is 112 Å². The number of carbonyl (C=O) groups excluding carboxylic acids is 1. The van der Waals surface area contributed by atoms with Crippen molar-refractivity contribution in [3.05, 3.63) is 9.67 Å². The van der Waals surface area contributed by atoms with Crippen LogP contribution in [0.3, 0.4) is 0 Å². The monoisotopic (exact) mass is 499 g/mol. The third-order valence-electron chi connectivity index (χ3n) is 6.83. The first-order valence-electron chi connectivity index (χ1n) is 12.6. The van der Waals surface area contributed by atoms with E-state index in [2.05, 4.69) is 43.6 Å². The van der Waals surface area contributed by atoms with Crippen LogP contribution < -0.4 is 0 Å². The molecule has 1 heterocycles. The summed E-state index contributed by atoms with van der Waals surface area (Å²) >= 11 is -2.42. The molecule has 0 saturated carbocycles. The maximum atomic E-state index is 13.6. The van der Waals surface area contributed by atoms with Crippen LogP contribution in [0.5, 0.6) is 0 Å². The summed E-state index contributed by atoms with van der Waals surface area (Å²) in [5.74, 6) is 0.416. The Hall–Kier alpha value is 0.00870. The van der Waals surface area contributed by atoms with Crippen LogP contribution in [0.2, 0.25) is 13.3 Å². The Morgan fingerprint density at radius 3 is 1.86 bits per heavy atom. The normalized spacial score (nSPS) is 18.0. The molecule has 28 heavy (non-hydrogen) atoms. The van der Waals surface area contributed by atoms with E-state index in [0.29, 0.717) is 11.9 Å². The molecule has 164 valence electrons. The zero-order valence-electron chi connectivity index (χ0n) is 19.8. The number of carbonyl (C=O) groups is 1. The fraction of sp³-hybridized carbons (Fsp3) is 0.880. The molecule has 0 bridgehead atoms. The van der Waals surface area contributed by atoms with Gasteiger partial charge in [0.2, 0.25) is 0 Å². The zero-order valence-corrected chi connectivity index (χ0v) is 22.7. The molecule has 1 aliphatic heterocycles. The third-order valence-corrected chi connectivity index (χ3v) is 21.1. The molecule has 0 radical (unpaired) electrons. The van der Waals surface area contributed by atoms with Gasteiger partial charge in [0.05, 0.1) is 0 Å². The molecular weight excluding hydrogens is 449 g/mol. The average Bonchev–Trinajstić information content (AvgIpc) is 2.71. The molecule has 1 saturated heterocycles. The summed E-state index contributed by atoms with van der Waals surface area (Å²) in [5.41, 5.74) is 1.24. The van der Waals surface area contributed by atoms with Crippen molar-refractivity contribution in [2.45, 2.75) is 131 Å². The first kappa shape index (κ1) is 26.0. The summed E-state index contributed by atoms with van der Waals surface area (Å²) in [6, 6.07) is 0.431. The average molecular weight is 498 g/mol. The van der Waals surface area contributed by atoms with E-state index in [0.717, 1.165) is 25.8 Å². The molecule has 0 aromatic carbocycles. The molecular formula is C25H49NOSn. The molecule has 3 heteroatoms. The molecule has 1 aliphatic rings. The Bertz CT molecular complexity index is 434. The number of hydrogen-bond donors (Lipinski definition) is 0. The zero-order chi connectivity index (χ0) is 20.8. The number of unbranched alkanes of at least 4 members (excludes halogenated alkanes) is 3. The van der Waals surface area contributed by atoms with Gasteiger partial charge in [0, 0.05) is 0 Å². The Kier molecular flexibility index (Phi) is 13.9. The Morgan fingerprint density at radius 2 is 1.39 bits per heavy atom. The van der Waals surface area contributed by atoms with Crippen molar-refractivity contribution in [1.29, 1.82) is 0 Å². The van der Waals surface area contributed by atoms with Gasteiger partial charge in [-0.1, -0.05) is 0 Å². The summed E-state index contributed by atoms with van der Waals surface area (Å²) in [6.45, 7) is 12.5. The molecule has 0 aromatic heterocycles. The fourth-order valence-electron chi connectivity index (χ4n) is 4.93. The van der Waals surface area contributed by atoms with Gasteiger partial charge in [-0.3, -0.25) is 0 Å². The van der Waals surface area contributed by atoms with E-state index in [4.69, 9.17) is 0 Å². The number of hydrogen-bond acceptors (Lipinski definition) is 1. The number of rotatable bonds is 13. The standard InChI is InChI=1S/C13H22NO.3C4H9.Sn/c1-4-12(5-2)14-10-8-6-7-9-11(3)13(14)15;3*1-3-4-2;/h3,12H,4-10H2,1-2H3;3*1,3-4H2,2H3;. The summed E-state index contributed by atoms with van der Waals surface area (Å²) in [6.07, 6.45) is 14.9. The van der Waals surface area contributed by atoms with Gasteiger partial charge in [0.25, 0.3) is 0 Å². The molecule has 2 nitrogen and oxygen atoms in total. The molecule has 1 amide bonds. The number of nitrogens with zero attached hydrogens (tertiary/aromatic N) is 1.